The molecule has 2 N–H and O–H groups in total. The first-order valence-electron chi connectivity index (χ1n) is 9.43. The van der Waals surface area contributed by atoms with Gasteiger partial charge in [0, 0.05) is 6.07 Å². The van der Waals surface area contributed by atoms with Crippen LogP contribution in [-0.4, -0.2) is 13.2 Å². The van der Waals surface area contributed by atoms with Gasteiger partial charge in [-0.05, 0) is 25.0 Å². The highest BCUT2D eigenvalue weighted by atomic mass is 16.5. The zero-order valence-electron chi connectivity index (χ0n) is 15.1. The second-order valence-electron chi connectivity index (χ2n) is 6.22. The van der Waals surface area contributed by atoms with Crippen LogP contribution >= 0.6 is 0 Å². The average Bonchev–Trinajstić information content (AvgIpc) is 2.55. The lowest BCUT2D eigenvalue weighted by Gasteiger charge is -2.11. The van der Waals surface area contributed by atoms with Crippen LogP contribution in [0.5, 0.6) is 11.5 Å². The molecule has 132 valence electrons. The number of rotatable bonds is 14. The molecule has 0 atom stereocenters. The standard InChI is InChI=1S/C20H35NO2/c1-3-5-7-9-11-15-22-18-13-14-20(19(21)17-18)23-16-12-10-8-6-4-2/h13-14,17H,3-12,15-16,21H2,1-2H3. The van der Waals surface area contributed by atoms with E-state index in [9.17, 15) is 0 Å². The second kappa shape index (κ2) is 13.1. The summed E-state index contributed by atoms with van der Waals surface area (Å²) in [5, 5.41) is 0. The van der Waals surface area contributed by atoms with Crippen LogP contribution < -0.4 is 15.2 Å². The Labute approximate surface area is 142 Å². The Kier molecular flexibility index (Phi) is 11.2. The van der Waals surface area contributed by atoms with E-state index in [1.165, 1.54) is 51.4 Å². The van der Waals surface area contributed by atoms with Crippen LogP contribution in [0.3, 0.4) is 0 Å². The minimum Gasteiger partial charge on any atom is -0.494 e. The third kappa shape index (κ3) is 9.37. The van der Waals surface area contributed by atoms with Gasteiger partial charge in [0.1, 0.15) is 11.5 Å². The van der Waals surface area contributed by atoms with Crippen LogP contribution in [0.15, 0.2) is 18.2 Å². The number of hydrogen-bond acceptors (Lipinski definition) is 3. The van der Waals surface area contributed by atoms with Crippen LogP contribution in [0, 0.1) is 0 Å². The summed E-state index contributed by atoms with van der Waals surface area (Å²) in [5.74, 6) is 1.61. The third-order valence-corrected chi connectivity index (χ3v) is 4.00. The number of unbranched alkanes of at least 4 members (excludes halogenated alkanes) is 8. The van der Waals surface area contributed by atoms with Gasteiger partial charge in [-0.2, -0.15) is 0 Å². The number of anilines is 1. The lowest BCUT2D eigenvalue weighted by Crippen LogP contribution is -2.02. The van der Waals surface area contributed by atoms with Gasteiger partial charge in [0.2, 0.25) is 0 Å². The summed E-state index contributed by atoms with van der Waals surface area (Å²) in [6, 6.07) is 5.75. The zero-order valence-corrected chi connectivity index (χ0v) is 15.1. The fourth-order valence-electron chi connectivity index (χ4n) is 2.53. The molecular formula is C20H35NO2. The molecule has 3 nitrogen and oxygen atoms in total. The quantitative estimate of drug-likeness (QED) is 0.339. The van der Waals surface area contributed by atoms with E-state index in [0.717, 1.165) is 37.6 Å². The number of hydrogen-bond donors (Lipinski definition) is 1. The highest BCUT2D eigenvalue weighted by Gasteiger charge is 2.03. The molecule has 3 heteroatoms. The van der Waals surface area contributed by atoms with E-state index < -0.39 is 0 Å². The Hall–Kier alpha value is -1.38. The van der Waals surface area contributed by atoms with E-state index >= 15 is 0 Å². The summed E-state index contributed by atoms with van der Waals surface area (Å²) in [7, 11) is 0. The molecule has 0 heterocycles. The van der Waals surface area contributed by atoms with Gasteiger partial charge in [-0.15, -0.1) is 0 Å². The molecule has 0 unspecified atom stereocenters. The lowest BCUT2D eigenvalue weighted by atomic mass is 10.2. The van der Waals surface area contributed by atoms with Gasteiger partial charge in [0.15, 0.2) is 0 Å². The van der Waals surface area contributed by atoms with Gasteiger partial charge in [0.25, 0.3) is 0 Å². The molecule has 0 aliphatic carbocycles. The number of ether oxygens (including phenoxy) is 2. The largest absolute Gasteiger partial charge is 0.494 e. The van der Waals surface area contributed by atoms with E-state index in [1.807, 2.05) is 18.2 Å². The van der Waals surface area contributed by atoms with E-state index in [-0.39, 0.29) is 0 Å². The van der Waals surface area contributed by atoms with Gasteiger partial charge in [-0.3, -0.25) is 0 Å². The topological polar surface area (TPSA) is 44.5 Å². The highest BCUT2D eigenvalue weighted by Crippen LogP contribution is 2.27. The van der Waals surface area contributed by atoms with Crippen LogP contribution in [0.25, 0.3) is 0 Å². The van der Waals surface area contributed by atoms with Crippen molar-refractivity contribution in [2.24, 2.45) is 0 Å². The molecule has 0 saturated heterocycles. The minimum atomic E-state index is 0.669. The molecule has 0 aromatic heterocycles. The first kappa shape index (κ1) is 19.7. The highest BCUT2D eigenvalue weighted by molar-refractivity contribution is 5.56. The lowest BCUT2D eigenvalue weighted by molar-refractivity contribution is 0.297. The summed E-state index contributed by atoms with van der Waals surface area (Å²) in [6.45, 7) is 5.96. The van der Waals surface area contributed by atoms with Crippen molar-refractivity contribution >= 4 is 5.69 Å². The number of benzene rings is 1. The molecule has 0 fully saturated rings. The van der Waals surface area contributed by atoms with Crippen LogP contribution in [0.4, 0.5) is 5.69 Å². The minimum absolute atomic E-state index is 0.669. The summed E-state index contributed by atoms with van der Waals surface area (Å²) in [6.07, 6.45) is 12.4. The van der Waals surface area contributed by atoms with E-state index in [4.69, 9.17) is 15.2 Å². The molecule has 1 rings (SSSR count). The number of nitrogens with two attached hydrogens (primary N) is 1. The smallest absolute Gasteiger partial charge is 0.142 e. The molecule has 0 bridgehead atoms. The maximum Gasteiger partial charge on any atom is 0.142 e. The molecule has 0 aliphatic heterocycles. The summed E-state index contributed by atoms with van der Waals surface area (Å²) < 4.78 is 11.5. The second-order valence-corrected chi connectivity index (χ2v) is 6.22. The summed E-state index contributed by atoms with van der Waals surface area (Å²) in [4.78, 5) is 0. The zero-order chi connectivity index (χ0) is 16.8. The van der Waals surface area contributed by atoms with Crippen molar-refractivity contribution in [1.82, 2.24) is 0 Å². The van der Waals surface area contributed by atoms with Gasteiger partial charge in [-0.25, -0.2) is 0 Å². The van der Waals surface area contributed by atoms with Crippen molar-refractivity contribution in [1.29, 1.82) is 0 Å². The molecule has 23 heavy (non-hydrogen) atoms. The molecule has 0 saturated carbocycles. The van der Waals surface area contributed by atoms with E-state index in [1.54, 1.807) is 0 Å². The normalized spacial score (nSPS) is 10.7. The van der Waals surface area contributed by atoms with Crippen LogP contribution in [-0.2, 0) is 0 Å². The molecule has 0 amide bonds. The average molecular weight is 322 g/mol. The van der Waals surface area contributed by atoms with Crippen LogP contribution in [0.1, 0.15) is 78.1 Å². The van der Waals surface area contributed by atoms with Gasteiger partial charge >= 0.3 is 0 Å². The molecular weight excluding hydrogens is 286 g/mol. The molecule has 0 spiro atoms. The van der Waals surface area contributed by atoms with E-state index in [0.29, 0.717) is 5.69 Å². The monoisotopic (exact) mass is 321 g/mol. The Morgan fingerprint density at radius 1 is 0.739 bits per heavy atom. The van der Waals surface area contributed by atoms with Crippen molar-refractivity contribution in [2.75, 3.05) is 18.9 Å². The first-order valence-corrected chi connectivity index (χ1v) is 9.43. The van der Waals surface area contributed by atoms with Crippen molar-refractivity contribution in [2.45, 2.75) is 78.1 Å². The Morgan fingerprint density at radius 3 is 1.87 bits per heavy atom. The molecule has 0 radical (unpaired) electrons. The molecule has 1 aromatic rings. The van der Waals surface area contributed by atoms with Crippen molar-refractivity contribution in [3.63, 3.8) is 0 Å². The van der Waals surface area contributed by atoms with Gasteiger partial charge in [0.05, 0.1) is 18.9 Å². The van der Waals surface area contributed by atoms with Crippen molar-refractivity contribution in [3.05, 3.63) is 18.2 Å². The number of nitrogen functional groups attached to an aromatic ring is 1. The Balaban J connectivity index is 2.20. The predicted molar refractivity (Wildman–Crippen MR) is 99.4 cm³/mol. The van der Waals surface area contributed by atoms with Crippen molar-refractivity contribution in [3.8, 4) is 11.5 Å². The van der Waals surface area contributed by atoms with Crippen LogP contribution in [0.2, 0.25) is 0 Å². The predicted octanol–water partition coefficient (Wildman–Crippen LogP) is 5.97. The van der Waals surface area contributed by atoms with Crippen molar-refractivity contribution < 1.29 is 9.47 Å². The first-order chi connectivity index (χ1) is 11.3. The summed E-state index contributed by atoms with van der Waals surface area (Å²) in [5.41, 5.74) is 6.72. The fourth-order valence-corrected chi connectivity index (χ4v) is 2.53. The summed E-state index contributed by atoms with van der Waals surface area (Å²) >= 11 is 0. The van der Waals surface area contributed by atoms with Gasteiger partial charge < -0.3 is 15.2 Å². The van der Waals surface area contributed by atoms with E-state index in [2.05, 4.69) is 13.8 Å². The maximum absolute atomic E-state index is 6.05. The molecule has 0 aliphatic rings. The Morgan fingerprint density at radius 2 is 1.30 bits per heavy atom. The SMILES string of the molecule is CCCCCCCOc1ccc(OCCCCCCC)c(N)c1. The fraction of sp³-hybridized carbons (Fsp3) is 0.700. The van der Waals surface area contributed by atoms with Gasteiger partial charge in [-0.1, -0.05) is 65.2 Å². The molecule has 1 aromatic carbocycles. The third-order valence-electron chi connectivity index (χ3n) is 4.00. The maximum atomic E-state index is 6.05. The Bertz CT molecular complexity index is 407.